The Bertz CT molecular complexity index is 2490. The van der Waals surface area contributed by atoms with Crippen molar-refractivity contribution in [1.29, 1.82) is 0 Å². The van der Waals surface area contributed by atoms with Gasteiger partial charge in [-0.2, -0.15) is 0 Å². The van der Waals surface area contributed by atoms with Gasteiger partial charge in [-0.1, -0.05) is 202 Å². The lowest BCUT2D eigenvalue weighted by molar-refractivity contribution is -0.152. The predicted molar refractivity (Wildman–Crippen MR) is 312 cm³/mol. The zero-order chi connectivity index (χ0) is 52.7. The van der Waals surface area contributed by atoms with E-state index in [0.717, 1.165) is 33.2 Å². The lowest BCUT2D eigenvalue weighted by atomic mass is 9.88. The van der Waals surface area contributed by atoms with Crippen LogP contribution in [-0.2, 0) is 23.1 Å². The van der Waals surface area contributed by atoms with Crippen molar-refractivity contribution in [3.05, 3.63) is 162 Å². The van der Waals surface area contributed by atoms with Crippen LogP contribution in [0.2, 0.25) is 48.9 Å². The molecule has 10 heteroatoms. The van der Waals surface area contributed by atoms with Crippen LogP contribution in [0.3, 0.4) is 0 Å². The number of hydrogen-bond acceptors (Lipinski definition) is 7. The molecule has 0 radical (unpaired) electrons. The number of esters is 1. The number of ether oxygens (including phenoxy) is 3. The van der Waals surface area contributed by atoms with Crippen LogP contribution in [0.25, 0.3) is 11.1 Å². The molecule has 1 fully saturated rings. The summed E-state index contributed by atoms with van der Waals surface area (Å²) in [6, 6.07) is 48.0. The van der Waals surface area contributed by atoms with E-state index in [0.29, 0.717) is 25.0 Å². The van der Waals surface area contributed by atoms with Crippen molar-refractivity contribution in [2.75, 3.05) is 6.61 Å². The molecule has 5 aromatic rings. The van der Waals surface area contributed by atoms with Crippen LogP contribution in [0.1, 0.15) is 109 Å². The summed E-state index contributed by atoms with van der Waals surface area (Å²) < 4.78 is 35.4. The molecule has 0 amide bonds. The van der Waals surface area contributed by atoms with Crippen molar-refractivity contribution >= 4 is 52.8 Å². The highest BCUT2D eigenvalue weighted by atomic mass is 32.2. The normalized spacial score (nSPS) is 18.4. The fourth-order valence-electron chi connectivity index (χ4n) is 9.58. The summed E-state index contributed by atoms with van der Waals surface area (Å²) >= 11 is 1.80. The van der Waals surface area contributed by atoms with E-state index in [9.17, 15) is 4.79 Å². The highest BCUT2D eigenvalue weighted by molar-refractivity contribution is 7.99. The Kier molecular flexibility index (Phi) is 19.0. The molecule has 0 bridgehead atoms. The van der Waals surface area contributed by atoms with Crippen molar-refractivity contribution in [3.63, 3.8) is 0 Å². The van der Waals surface area contributed by atoms with Gasteiger partial charge in [0.25, 0.3) is 8.32 Å². The molecule has 0 spiro atoms. The molecule has 0 aromatic heterocycles. The van der Waals surface area contributed by atoms with Crippen LogP contribution in [-0.4, -0.2) is 67.5 Å². The summed E-state index contributed by atoms with van der Waals surface area (Å²) in [5, 5.41) is 2.20. The number of hydrogen-bond donors (Lipinski definition) is 0. The molecule has 1 heterocycles. The molecule has 1 aliphatic rings. The van der Waals surface area contributed by atoms with Crippen LogP contribution in [0.5, 0.6) is 0 Å². The Labute approximate surface area is 442 Å². The summed E-state index contributed by atoms with van der Waals surface area (Å²) in [5.41, 5.74) is 4.68. The Hall–Kier alpha value is -3.85. The van der Waals surface area contributed by atoms with E-state index in [1.807, 2.05) is 26.8 Å². The number of carbonyl (C=O) groups is 1. The molecular weight excluding hydrogens is 957 g/mol. The predicted octanol–water partition coefficient (Wildman–Crippen LogP) is 15.8. The summed E-state index contributed by atoms with van der Waals surface area (Å²) in [7, 11) is -6.64. The fourth-order valence-corrected chi connectivity index (χ4v) is 17.6. The van der Waals surface area contributed by atoms with E-state index < -0.39 is 42.7 Å². The topological polar surface area (TPSA) is 63.2 Å². The van der Waals surface area contributed by atoms with Gasteiger partial charge in [-0.05, 0) is 120 Å². The van der Waals surface area contributed by atoms with E-state index in [-0.39, 0.29) is 39.4 Å². The standard InChI is InChI=1S/C62H86O6SSi3/c1-45(47(3)67-72(61(7,8)9,50-33-25-19-26-34-50)51-35-27-20-28-36-51)38-40-54(68-71(15,16)60(4,5)6)58-53(65-62(10,11)66-58)41-42-55(69-49-31-23-18-24-32-49)57-52(48-29-21-17-22-30-48)39-37-46(2)56(57)59(63)64-43-44-70(12,13)14/h17-40,45,47,53-55,58H,41-44H2,1-16H3/b40-38-/t45-,47+,53+,54?,55?,58+/m1/s1. The summed E-state index contributed by atoms with van der Waals surface area (Å²) in [6.45, 7) is 36.5. The van der Waals surface area contributed by atoms with Gasteiger partial charge in [0.1, 0.15) is 6.10 Å². The van der Waals surface area contributed by atoms with Gasteiger partial charge in [0.15, 0.2) is 14.1 Å². The number of benzene rings is 5. The average Bonchev–Trinajstić information content (AvgIpc) is 3.64. The molecule has 0 aliphatic carbocycles. The lowest BCUT2D eigenvalue weighted by Crippen LogP contribution is -2.67. The van der Waals surface area contributed by atoms with Gasteiger partial charge in [-0.25, -0.2) is 4.79 Å². The Morgan fingerprint density at radius 2 is 1.25 bits per heavy atom. The third-order valence-electron chi connectivity index (χ3n) is 14.8. The van der Waals surface area contributed by atoms with Gasteiger partial charge in [0.2, 0.25) is 0 Å². The van der Waals surface area contributed by atoms with Gasteiger partial charge in [-0.15, -0.1) is 11.8 Å². The molecule has 5 aromatic carbocycles. The second-order valence-electron chi connectivity index (χ2n) is 24.2. The molecule has 388 valence electrons. The third kappa shape index (κ3) is 14.3. The van der Waals surface area contributed by atoms with E-state index in [1.54, 1.807) is 11.8 Å². The first kappa shape index (κ1) is 57.4. The zero-order valence-corrected chi connectivity index (χ0v) is 50.3. The lowest BCUT2D eigenvalue weighted by Gasteiger charge is -2.45. The maximum Gasteiger partial charge on any atom is 0.338 e. The molecule has 0 saturated carbocycles. The van der Waals surface area contributed by atoms with E-state index in [4.69, 9.17) is 23.1 Å². The Balaban J connectivity index is 1.39. The fraction of sp³-hybridized carbons (Fsp3) is 0.468. The molecular formula is C62H86O6SSi3. The molecule has 2 unspecified atom stereocenters. The second-order valence-corrected chi connectivity index (χ2v) is 40.1. The summed E-state index contributed by atoms with van der Waals surface area (Å²) in [5.74, 6) is -1.07. The van der Waals surface area contributed by atoms with Crippen LogP contribution in [0.4, 0.5) is 0 Å². The first-order chi connectivity index (χ1) is 33.7. The maximum absolute atomic E-state index is 14.6. The van der Waals surface area contributed by atoms with Crippen LogP contribution < -0.4 is 10.4 Å². The van der Waals surface area contributed by atoms with E-state index >= 15 is 0 Å². The highest BCUT2D eigenvalue weighted by Gasteiger charge is 2.52. The number of rotatable bonds is 21. The van der Waals surface area contributed by atoms with Crippen molar-refractivity contribution in [3.8, 4) is 11.1 Å². The maximum atomic E-state index is 14.6. The van der Waals surface area contributed by atoms with Gasteiger partial charge < -0.3 is 23.1 Å². The quantitative estimate of drug-likeness (QED) is 0.0314. The highest BCUT2D eigenvalue weighted by Crippen LogP contribution is 2.48. The van der Waals surface area contributed by atoms with Crippen molar-refractivity contribution in [2.45, 2.75) is 178 Å². The largest absolute Gasteiger partial charge is 0.462 e. The van der Waals surface area contributed by atoms with E-state index in [1.165, 1.54) is 10.4 Å². The molecule has 1 saturated heterocycles. The van der Waals surface area contributed by atoms with E-state index in [2.05, 4.69) is 228 Å². The Morgan fingerprint density at radius 1 is 0.708 bits per heavy atom. The minimum Gasteiger partial charge on any atom is -0.462 e. The third-order valence-corrected chi connectivity index (χ3v) is 27.4. The first-order valence-electron chi connectivity index (χ1n) is 26.3. The molecule has 72 heavy (non-hydrogen) atoms. The summed E-state index contributed by atoms with van der Waals surface area (Å²) in [4.78, 5) is 15.7. The minimum absolute atomic E-state index is 0.0410. The smallest absolute Gasteiger partial charge is 0.338 e. The number of thioether (sulfide) groups is 1. The van der Waals surface area contributed by atoms with Crippen LogP contribution in [0.15, 0.2) is 151 Å². The van der Waals surface area contributed by atoms with Crippen LogP contribution in [0, 0.1) is 12.8 Å². The van der Waals surface area contributed by atoms with Crippen LogP contribution >= 0.6 is 11.8 Å². The van der Waals surface area contributed by atoms with Crippen molar-refractivity contribution in [1.82, 2.24) is 0 Å². The molecule has 6 atom stereocenters. The van der Waals surface area contributed by atoms with Crippen molar-refractivity contribution < 1.29 is 27.9 Å². The van der Waals surface area contributed by atoms with Gasteiger partial charge in [-0.3, -0.25) is 0 Å². The monoisotopic (exact) mass is 1040 g/mol. The molecule has 6 rings (SSSR count). The SMILES string of the molecule is Cc1ccc(-c2ccccc2)c(C(CC[C@@H]2OC(C)(C)O[C@@H]2C(/C=C\[C@@H](C)[C@H](C)O[Si](c2ccccc2)(c2ccccc2)C(C)(C)C)O[Si](C)(C)C(C)(C)C)Sc2ccccc2)c1C(=O)OCC[Si](C)(C)C. The van der Waals surface area contributed by atoms with Gasteiger partial charge >= 0.3 is 5.97 Å². The minimum atomic E-state index is -2.82. The Morgan fingerprint density at radius 3 is 1.78 bits per heavy atom. The van der Waals surface area contributed by atoms with Crippen molar-refractivity contribution in [2.24, 2.45) is 5.92 Å². The second kappa shape index (κ2) is 23.8. The average molecular weight is 1040 g/mol. The number of aryl methyl sites for hydroxylation is 1. The first-order valence-corrected chi connectivity index (χ1v) is 35.7. The molecule has 1 aliphatic heterocycles. The number of carbonyl (C=O) groups excluding carboxylic acids is 1. The molecule has 6 nitrogen and oxygen atoms in total. The molecule has 0 N–H and O–H groups in total. The van der Waals surface area contributed by atoms with Gasteiger partial charge in [0.05, 0.1) is 24.4 Å². The van der Waals surface area contributed by atoms with Gasteiger partial charge in [0, 0.05) is 24.3 Å². The zero-order valence-electron chi connectivity index (χ0n) is 46.5. The summed E-state index contributed by atoms with van der Waals surface area (Å²) in [6.07, 6.45) is 4.72.